The van der Waals surface area contributed by atoms with Gasteiger partial charge in [0.1, 0.15) is 17.2 Å². The fraction of sp³-hybridized carbons (Fsp3) is 0.0833. The third-order valence-corrected chi connectivity index (χ3v) is 4.88. The molecule has 0 spiro atoms. The molecule has 0 bridgehead atoms. The van der Waals surface area contributed by atoms with Gasteiger partial charge in [0.2, 0.25) is 0 Å². The number of para-hydroxylation sites is 1. The quantitative estimate of drug-likeness (QED) is 0.462. The Bertz CT molecular complexity index is 1300. The van der Waals surface area contributed by atoms with Gasteiger partial charge in [-0.15, -0.1) is 0 Å². The molecule has 4 aromatic rings. The van der Waals surface area contributed by atoms with E-state index in [0.29, 0.717) is 17.0 Å². The summed E-state index contributed by atoms with van der Waals surface area (Å²) >= 11 is 0. The summed E-state index contributed by atoms with van der Waals surface area (Å²) in [6, 6.07) is 18.9. The molecule has 0 amide bonds. The number of carbonyl (C=O) groups is 1. The van der Waals surface area contributed by atoms with Crippen LogP contribution in [0.2, 0.25) is 0 Å². The van der Waals surface area contributed by atoms with Crippen molar-refractivity contribution in [2.75, 3.05) is 5.32 Å². The minimum atomic E-state index is -1.08. The number of aromatic carboxylic acids is 1. The number of anilines is 1. The van der Waals surface area contributed by atoms with Crippen LogP contribution in [0.4, 0.5) is 10.1 Å². The van der Waals surface area contributed by atoms with Crippen molar-refractivity contribution in [1.82, 2.24) is 0 Å². The van der Waals surface area contributed by atoms with E-state index in [-0.39, 0.29) is 22.0 Å². The van der Waals surface area contributed by atoms with Crippen molar-refractivity contribution < 1.29 is 18.7 Å². The molecule has 5 nitrogen and oxygen atoms in total. The summed E-state index contributed by atoms with van der Waals surface area (Å²) in [7, 11) is 0. The summed E-state index contributed by atoms with van der Waals surface area (Å²) in [5.41, 5.74) is 1.53. The van der Waals surface area contributed by atoms with Gasteiger partial charge in [-0.2, -0.15) is 0 Å². The lowest BCUT2D eigenvalue weighted by atomic mass is 10.0. The zero-order valence-electron chi connectivity index (χ0n) is 16.1. The molecule has 1 aromatic heterocycles. The SMILES string of the molecule is C[C@@H](Nc1ccccc1C(=O)O)c1cc(F)cc2c(=O)cc(-c3ccccc3)oc12. The van der Waals surface area contributed by atoms with Crippen molar-refractivity contribution in [2.45, 2.75) is 13.0 Å². The highest BCUT2D eigenvalue weighted by atomic mass is 19.1. The van der Waals surface area contributed by atoms with Crippen LogP contribution in [0.3, 0.4) is 0 Å². The van der Waals surface area contributed by atoms with E-state index in [2.05, 4.69) is 5.32 Å². The summed E-state index contributed by atoms with van der Waals surface area (Å²) in [4.78, 5) is 24.2. The maximum Gasteiger partial charge on any atom is 0.337 e. The first-order valence-electron chi connectivity index (χ1n) is 9.35. The van der Waals surface area contributed by atoms with Crippen molar-refractivity contribution in [3.63, 3.8) is 0 Å². The second-order valence-electron chi connectivity index (χ2n) is 6.93. The standard InChI is InChI=1S/C24H18FNO4/c1-14(26-20-10-6-5-9-17(20)24(28)29)18-11-16(25)12-19-21(27)13-22(30-23(18)19)15-7-3-2-4-8-15/h2-14,26H,1H3,(H,28,29)/t14-/m1/s1. The van der Waals surface area contributed by atoms with Crippen LogP contribution in [0.15, 0.2) is 82.0 Å². The molecule has 0 unspecified atom stereocenters. The van der Waals surface area contributed by atoms with Crippen LogP contribution in [-0.2, 0) is 0 Å². The van der Waals surface area contributed by atoms with E-state index >= 15 is 0 Å². The molecule has 0 fully saturated rings. The van der Waals surface area contributed by atoms with Crippen molar-refractivity contribution in [3.8, 4) is 11.3 Å². The number of halogens is 1. The highest BCUT2D eigenvalue weighted by Gasteiger charge is 2.19. The predicted octanol–water partition coefficient (Wildman–Crippen LogP) is 5.47. The van der Waals surface area contributed by atoms with Crippen LogP contribution in [0.25, 0.3) is 22.3 Å². The highest BCUT2D eigenvalue weighted by molar-refractivity contribution is 5.94. The van der Waals surface area contributed by atoms with Gasteiger partial charge in [0, 0.05) is 22.9 Å². The molecule has 0 saturated carbocycles. The molecular weight excluding hydrogens is 385 g/mol. The number of fused-ring (bicyclic) bond motifs is 1. The highest BCUT2D eigenvalue weighted by Crippen LogP contribution is 2.31. The first kappa shape index (κ1) is 19.4. The predicted molar refractivity (Wildman–Crippen MR) is 113 cm³/mol. The van der Waals surface area contributed by atoms with Gasteiger partial charge in [0.25, 0.3) is 0 Å². The van der Waals surface area contributed by atoms with Crippen LogP contribution in [0, 0.1) is 5.82 Å². The Morgan fingerprint density at radius 1 is 1.03 bits per heavy atom. The topological polar surface area (TPSA) is 79.5 Å². The molecule has 1 atom stereocenters. The molecule has 4 rings (SSSR count). The van der Waals surface area contributed by atoms with Crippen LogP contribution in [0.5, 0.6) is 0 Å². The number of rotatable bonds is 5. The van der Waals surface area contributed by atoms with E-state index in [4.69, 9.17) is 4.42 Å². The Morgan fingerprint density at radius 3 is 2.47 bits per heavy atom. The maximum atomic E-state index is 14.3. The van der Waals surface area contributed by atoms with E-state index in [9.17, 15) is 19.1 Å². The number of carboxylic acid groups (broad SMARTS) is 1. The summed E-state index contributed by atoms with van der Waals surface area (Å²) in [6.07, 6.45) is 0. The molecule has 150 valence electrons. The minimum Gasteiger partial charge on any atom is -0.478 e. The second-order valence-corrected chi connectivity index (χ2v) is 6.93. The van der Waals surface area contributed by atoms with Crippen LogP contribution in [0.1, 0.15) is 28.9 Å². The lowest BCUT2D eigenvalue weighted by Crippen LogP contribution is -2.12. The molecule has 1 heterocycles. The molecule has 0 aliphatic heterocycles. The van der Waals surface area contributed by atoms with Gasteiger partial charge in [-0.25, -0.2) is 9.18 Å². The van der Waals surface area contributed by atoms with Gasteiger partial charge in [0.15, 0.2) is 5.43 Å². The third-order valence-electron chi connectivity index (χ3n) is 4.88. The zero-order valence-corrected chi connectivity index (χ0v) is 16.1. The van der Waals surface area contributed by atoms with Crippen LogP contribution < -0.4 is 10.7 Å². The van der Waals surface area contributed by atoms with Crippen LogP contribution in [-0.4, -0.2) is 11.1 Å². The van der Waals surface area contributed by atoms with Crippen molar-refractivity contribution in [3.05, 3.63) is 100.0 Å². The number of carboxylic acids is 1. The molecule has 0 aliphatic carbocycles. The number of benzene rings is 3. The number of hydrogen-bond acceptors (Lipinski definition) is 4. The molecule has 6 heteroatoms. The smallest absolute Gasteiger partial charge is 0.337 e. The van der Waals surface area contributed by atoms with E-state index in [1.165, 1.54) is 18.2 Å². The van der Waals surface area contributed by atoms with Crippen molar-refractivity contribution in [2.24, 2.45) is 0 Å². The van der Waals surface area contributed by atoms with E-state index in [1.807, 2.05) is 30.3 Å². The first-order valence-corrected chi connectivity index (χ1v) is 9.35. The Labute approximate surface area is 171 Å². The Hall–Kier alpha value is -3.93. The normalized spacial score (nSPS) is 11.9. The summed E-state index contributed by atoms with van der Waals surface area (Å²) < 4.78 is 20.3. The average molecular weight is 403 g/mol. The maximum absolute atomic E-state index is 14.3. The Morgan fingerprint density at radius 2 is 1.73 bits per heavy atom. The van der Waals surface area contributed by atoms with Crippen LogP contribution >= 0.6 is 0 Å². The van der Waals surface area contributed by atoms with Gasteiger partial charge in [0.05, 0.1) is 17.0 Å². The molecular formula is C24H18FNO4. The monoisotopic (exact) mass is 403 g/mol. The Balaban J connectivity index is 1.85. The van der Waals surface area contributed by atoms with Gasteiger partial charge < -0.3 is 14.8 Å². The summed E-state index contributed by atoms with van der Waals surface area (Å²) in [5, 5.41) is 12.6. The molecule has 0 saturated heterocycles. The number of nitrogens with one attached hydrogen (secondary N) is 1. The first-order chi connectivity index (χ1) is 14.4. The average Bonchev–Trinajstić information content (AvgIpc) is 2.74. The minimum absolute atomic E-state index is 0.0940. The van der Waals surface area contributed by atoms with E-state index < -0.39 is 17.8 Å². The Kier molecular flexibility index (Phi) is 5.06. The van der Waals surface area contributed by atoms with Gasteiger partial charge in [-0.05, 0) is 31.2 Å². The molecule has 0 aliphatic rings. The summed E-state index contributed by atoms with van der Waals surface area (Å²) in [6.45, 7) is 1.75. The van der Waals surface area contributed by atoms with Gasteiger partial charge >= 0.3 is 5.97 Å². The summed E-state index contributed by atoms with van der Waals surface area (Å²) in [5.74, 6) is -1.27. The molecule has 3 aromatic carbocycles. The van der Waals surface area contributed by atoms with Gasteiger partial charge in [-0.1, -0.05) is 42.5 Å². The van der Waals surface area contributed by atoms with Crippen molar-refractivity contribution >= 4 is 22.6 Å². The number of hydrogen-bond donors (Lipinski definition) is 2. The van der Waals surface area contributed by atoms with Gasteiger partial charge in [-0.3, -0.25) is 4.79 Å². The van der Waals surface area contributed by atoms with E-state index in [0.717, 1.165) is 11.6 Å². The molecule has 0 radical (unpaired) electrons. The fourth-order valence-corrected chi connectivity index (χ4v) is 3.42. The van der Waals surface area contributed by atoms with E-state index in [1.54, 1.807) is 25.1 Å². The second kappa shape index (κ2) is 7.83. The zero-order chi connectivity index (χ0) is 21.3. The largest absolute Gasteiger partial charge is 0.478 e. The molecule has 2 N–H and O–H groups in total. The van der Waals surface area contributed by atoms with Crippen molar-refractivity contribution in [1.29, 1.82) is 0 Å². The molecule has 30 heavy (non-hydrogen) atoms. The fourth-order valence-electron chi connectivity index (χ4n) is 3.42. The third kappa shape index (κ3) is 3.67. The lowest BCUT2D eigenvalue weighted by molar-refractivity contribution is 0.0698. The lowest BCUT2D eigenvalue weighted by Gasteiger charge is -2.19.